The van der Waals surface area contributed by atoms with Gasteiger partial charge in [-0.1, -0.05) is 17.7 Å². The number of aromatic nitrogens is 1. The van der Waals surface area contributed by atoms with E-state index in [0.717, 1.165) is 16.5 Å². The van der Waals surface area contributed by atoms with Crippen LogP contribution in [0, 0.1) is 6.92 Å². The van der Waals surface area contributed by atoms with Crippen LogP contribution in [0.3, 0.4) is 0 Å². The van der Waals surface area contributed by atoms with Crippen molar-refractivity contribution in [3.05, 3.63) is 44.7 Å². The second-order valence-electron chi connectivity index (χ2n) is 3.69. The molecule has 4 heteroatoms. The number of benzene rings is 1. The van der Waals surface area contributed by atoms with Gasteiger partial charge in [0.05, 0.1) is 11.1 Å². The van der Waals surface area contributed by atoms with Crippen molar-refractivity contribution in [3.63, 3.8) is 0 Å². The van der Waals surface area contributed by atoms with Crippen molar-refractivity contribution in [2.24, 2.45) is 7.05 Å². The lowest BCUT2D eigenvalue weighted by Gasteiger charge is -2.09. The summed E-state index contributed by atoms with van der Waals surface area (Å²) in [7, 11) is 1.64. The van der Waals surface area contributed by atoms with Gasteiger partial charge in [0, 0.05) is 12.1 Å². The molecule has 0 saturated carbocycles. The first-order valence-corrected chi connectivity index (χ1v) is 5.18. The molecule has 0 radical (unpaired) electrons. The van der Waals surface area contributed by atoms with Crippen molar-refractivity contribution in [1.82, 2.24) is 4.57 Å². The first-order chi connectivity index (χ1) is 7.56. The number of nitrogens with zero attached hydrogens (tertiary/aromatic N) is 1. The van der Waals surface area contributed by atoms with Gasteiger partial charge in [-0.25, -0.2) is 0 Å². The van der Waals surface area contributed by atoms with E-state index in [0.29, 0.717) is 11.3 Å². The number of carbonyl (C=O) groups excluding carboxylic acids is 1. The van der Waals surface area contributed by atoms with Crippen LogP contribution in [-0.2, 0) is 7.05 Å². The van der Waals surface area contributed by atoms with Gasteiger partial charge < -0.3 is 4.57 Å². The quantitative estimate of drug-likeness (QED) is 0.712. The molecule has 16 heavy (non-hydrogen) atoms. The highest BCUT2D eigenvalue weighted by atomic mass is 35.5. The maximum absolute atomic E-state index is 11.8. The highest BCUT2D eigenvalue weighted by Gasteiger charge is 2.09. The topological polar surface area (TPSA) is 39.1 Å². The number of hydrogen-bond acceptors (Lipinski definition) is 2. The van der Waals surface area contributed by atoms with Gasteiger partial charge >= 0.3 is 0 Å². The molecule has 1 aromatic heterocycles. The molecule has 1 aromatic carbocycles. The highest BCUT2D eigenvalue weighted by Crippen LogP contribution is 2.24. The summed E-state index contributed by atoms with van der Waals surface area (Å²) in [6, 6.07) is 5.16. The number of carbonyl (C=O) groups is 1. The maximum atomic E-state index is 11.8. The van der Waals surface area contributed by atoms with Crippen LogP contribution in [0.2, 0.25) is 5.02 Å². The van der Waals surface area contributed by atoms with E-state index in [1.54, 1.807) is 25.2 Å². The molecule has 0 N–H and O–H groups in total. The van der Waals surface area contributed by atoms with Gasteiger partial charge in [-0.2, -0.15) is 0 Å². The summed E-state index contributed by atoms with van der Waals surface area (Å²) in [6.45, 7) is 1.85. The van der Waals surface area contributed by atoms with Crippen LogP contribution in [0.4, 0.5) is 0 Å². The molecule has 0 aliphatic carbocycles. The summed E-state index contributed by atoms with van der Waals surface area (Å²) in [6.07, 6.45) is 0.575. The van der Waals surface area contributed by atoms with Crippen LogP contribution in [0.5, 0.6) is 0 Å². The fourth-order valence-electron chi connectivity index (χ4n) is 1.87. The molecule has 0 amide bonds. The summed E-state index contributed by atoms with van der Waals surface area (Å²) in [4.78, 5) is 22.5. The number of halogens is 1. The minimum atomic E-state index is -0.298. The number of rotatable bonds is 1. The van der Waals surface area contributed by atoms with E-state index in [1.165, 1.54) is 4.57 Å². The Hall–Kier alpha value is -1.61. The standard InChI is InChI=1S/C12H10ClNO2/c1-7-10(13)4-3-8-5-9(6-15)12(16)14(2)11(7)8/h3-6H,1-2H3. The first kappa shape index (κ1) is 10.9. The van der Waals surface area contributed by atoms with Gasteiger partial charge in [0.25, 0.3) is 5.56 Å². The Morgan fingerprint density at radius 1 is 1.38 bits per heavy atom. The fourth-order valence-corrected chi connectivity index (χ4v) is 2.02. The van der Waals surface area contributed by atoms with Crippen LogP contribution >= 0.6 is 11.6 Å². The Morgan fingerprint density at radius 3 is 2.69 bits per heavy atom. The Morgan fingerprint density at radius 2 is 2.06 bits per heavy atom. The van der Waals surface area contributed by atoms with Gasteiger partial charge in [0.2, 0.25) is 0 Å². The lowest BCUT2D eigenvalue weighted by atomic mass is 10.1. The molecule has 0 unspecified atom stereocenters. The van der Waals surface area contributed by atoms with Crippen LogP contribution in [0.25, 0.3) is 10.9 Å². The van der Waals surface area contributed by atoms with Crippen LogP contribution < -0.4 is 5.56 Å². The van der Waals surface area contributed by atoms with Gasteiger partial charge in [-0.15, -0.1) is 0 Å². The van der Waals surface area contributed by atoms with E-state index in [-0.39, 0.29) is 11.1 Å². The smallest absolute Gasteiger partial charge is 0.261 e. The number of pyridine rings is 1. The molecule has 82 valence electrons. The zero-order valence-electron chi connectivity index (χ0n) is 8.95. The van der Waals surface area contributed by atoms with Gasteiger partial charge in [-0.05, 0) is 30.0 Å². The van der Waals surface area contributed by atoms with Crippen molar-refractivity contribution in [3.8, 4) is 0 Å². The Balaban J connectivity index is 3.05. The third-order valence-electron chi connectivity index (χ3n) is 2.72. The molecule has 0 spiro atoms. The summed E-state index contributed by atoms with van der Waals surface area (Å²) in [5.41, 5.74) is 1.48. The number of aryl methyl sites for hydroxylation is 2. The zero-order valence-corrected chi connectivity index (χ0v) is 9.71. The van der Waals surface area contributed by atoms with Crippen molar-refractivity contribution < 1.29 is 4.79 Å². The normalized spacial score (nSPS) is 10.7. The third kappa shape index (κ3) is 1.44. The summed E-state index contributed by atoms with van der Waals surface area (Å²) in [5.74, 6) is 0. The van der Waals surface area contributed by atoms with Crippen molar-refractivity contribution >= 4 is 28.8 Å². The largest absolute Gasteiger partial charge is 0.310 e. The SMILES string of the molecule is Cc1c(Cl)ccc2cc(C=O)c(=O)n(C)c12. The number of aldehydes is 1. The molecular weight excluding hydrogens is 226 g/mol. The molecule has 0 saturated heterocycles. The molecule has 2 rings (SSSR count). The minimum absolute atomic E-state index is 0.164. The third-order valence-corrected chi connectivity index (χ3v) is 3.13. The van der Waals surface area contributed by atoms with E-state index in [4.69, 9.17) is 11.6 Å². The molecule has 0 aliphatic rings. The van der Waals surface area contributed by atoms with Gasteiger partial charge in [0.15, 0.2) is 6.29 Å². The van der Waals surface area contributed by atoms with Crippen LogP contribution in [0.1, 0.15) is 15.9 Å². The lowest BCUT2D eigenvalue weighted by molar-refractivity contribution is 0.112. The van der Waals surface area contributed by atoms with Crippen LogP contribution in [0.15, 0.2) is 23.0 Å². The van der Waals surface area contributed by atoms with Crippen molar-refractivity contribution in [2.45, 2.75) is 6.92 Å². The molecule has 1 heterocycles. The second-order valence-corrected chi connectivity index (χ2v) is 4.10. The van der Waals surface area contributed by atoms with E-state index >= 15 is 0 Å². The lowest BCUT2D eigenvalue weighted by Crippen LogP contribution is -2.21. The molecule has 3 nitrogen and oxygen atoms in total. The fraction of sp³-hybridized carbons (Fsp3) is 0.167. The predicted molar refractivity (Wildman–Crippen MR) is 64.3 cm³/mol. The highest BCUT2D eigenvalue weighted by molar-refractivity contribution is 6.32. The molecule has 0 fully saturated rings. The molecule has 0 atom stereocenters. The Labute approximate surface area is 97.3 Å². The second kappa shape index (κ2) is 3.76. The van der Waals surface area contributed by atoms with Crippen molar-refractivity contribution in [1.29, 1.82) is 0 Å². The van der Waals surface area contributed by atoms with E-state index in [2.05, 4.69) is 0 Å². The van der Waals surface area contributed by atoms with E-state index in [1.807, 2.05) is 6.92 Å². The Kier molecular flexibility index (Phi) is 2.56. The Bertz CT molecular complexity index is 643. The van der Waals surface area contributed by atoms with Gasteiger partial charge in [0.1, 0.15) is 0 Å². The van der Waals surface area contributed by atoms with E-state index in [9.17, 15) is 9.59 Å². The molecule has 0 bridgehead atoms. The zero-order chi connectivity index (χ0) is 11.9. The molecule has 0 aliphatic heterocycles. The van der Waals surface area contributed by atoms with Crippen LogP contribution in [-0.4, -0.2) is 10.9 Å². The maximum Gasteiger partial charge on any atom is 0.261 e. The number of fused-ring (bicyclic) bond motifs is 1. The summed E-state index contributed by atoms with van der Waals surface area (Å²) in [5, 5.41) is 1.45. The van der Waals surface area contributed by atoms with Crippen molar-refractivity contribution in [2.75, 3.05) is 0 Å². The average molecular weight is 236 g/mol. The van der Waals surface area contributed by atoms with Gasteiger partial charge in [-0.3, -0.25) is 9.59 Å². The summed E-state index contributed by atoms with van der Waals surface area (Å²) < 4.78 is 1.46. The monoisotopic (exact) mass is 235 g/mol. The first-order valence-electron chi connectivity index (χ1n) is 4.80. The average Bonchev–Trinajstić information content (AvgIpc) is 2.28. The minimum Gasteiger partial charge on any atom is -0.310 e. The molecule has 2 aromatic rings. The predicted octanol–water partition coefficient (Wildman–Crippen LogP) is 2.31. The van der Waals surface area contributed by atoms with E-state index < -0.39 is 0 Å². The molecular formula is C12H10ClNO2. The summed E-state index contributed by atoms with van der Waals surface area (Å²) >= 11 is 6.00. The number of hydrogen-bond donors (Lipinski definition) is 0.